The van der Waals surface area contributed by atoms with Crippen molar-refractivity contribution in [3.63, 3.8) is 0 Å². The van der Waals surface area contributed by atoms with Crippen LogP contribution in [0.2, 0.25) is 0 Å². The fourth-order valence-corrected chi connectivity index (χ4v) is 4.28. The number of fused-ring (bicyclic) bond motifs is 1. The monoisotopic (exact) mass is 338 g/mol. The van der Waals surface area contributed by atoms with Crippen LogP contribution in [0.25, 0.3) is 10.9 Å². The Morgan fingerprint density at radius 2 is 1.71 bits per heavy atom. The maximum atomic E-state index is 5.90. The molecule has 1 fully saturated rings. The van der Waals surface area contributed by atoms with Crippen molar-refractivity contribution in [2.24, 2.45) is 5.84 Å². The zero-order chi connectivity index (χ0) is 16.5. The van der Waals surface area contributed by atoms with Gasteiger partial charge in [0.15, 0.2) is 0 Å². The van der Waals surface area contributed by atoms with Gasteiger partial charge in [-0.05, 0) is 25.1 Å². The molecule has 0 amide bonds. The molecule has 0 spiro atoms. The SMILES string of the molecule is Cc1[nH]c2c(N3CCN(N)CC3)cccc2c1Sc1ccccc1. The van der Waals surface area contributed by atoms with Crippen LogP contribution in [-0.2, 0) is 0 Å². The number of aromatic nitrogens is 1. The predicted molar refractivity (Wildman–Crippen MR) is 102 cm³/mol. The average molecular weight is 338 g/mol. The molecule has 0 bridgehead atoms. The van der Waals surface area contributed by atoms with Crippen LogP contribution >= 0.6 is 11.8 Å². The van der Waals surface area contributed by atoms with Gasteiger partial charge in [-0.25, -0.2) is 5.01 Å². The van der Waals surface area contributed by atoms with E-state index >= 15 is 0 Å². The van der Waals surface area contributed by atoms with Crippen molar-refractivity contribution in [3.05, 3.63) is 54.2 Å². The molecule has 1 aliphatic rings. The number of rotatable bonds is 3. The van der Waals surface area contributed by atoms with E-state index in [2.05, 4.69) is 65.3 Å². The summed E-state index contributed by atoms with van der Waals surface area (Å²) in [7, 11) is 0. The Kier molecular flexibility index (Phi) is 4.22. The van der Waals surface area contributed by atoms with Gasteiger partial charge in [0.1, 0.15) is 0 Å². The summed E-state index contributed by atoms with van der Waals surface area (Å²) in [5, 5.41) is 3.20. The highest BCUT2D eigenvalue weighted by molar-refractivity contribution is 7.99. The second-order valence-corrected chi connectivity index (χ2v) is 7.30. The van der Waals surface area contributed by atoms with Gasteiger partial charge in [0, 0.05) is 47.1 Å². The van der Waals surface area contributed by atoms with Crippen LogP contribution in [0.4, 0.5) is 5.69 Å². The molecule has 0 aliphatic carbocycles. The summed E-state index contributed by atoms with van der Waals surface area (Å²) in [5.74, 6) is 5.90. The van der Waals surface area contributed by atoms with Crippen molar-refractivity contribution in [1.82, 2.24) is 9.99 Å². The Labute approximate surface area is 146 Å². The summed E-state index contributed by atoms with van der Waals surface area (Å²) in [4.78, 5) is 8.63. The van der Waals surface area contributed by atoms with Crippen LogP contribution in [0.3, 0.4) is 0 Å². The topological polar surface area (TPSA) is 48.3 Å². The third-order valence-corrected chi connectivity index (χ3v) is 5.80. The molecule has 24 heavy (non-hydrogen) atoms. The Hall–Kier alpha value is -1.95. The number of hydrogen-bond acceptors (Lipinski definition) is 4. The first-order valence-electron chi connectivity index (χ1n) is 8.31. The largest absolute Gasteiger partial charge is 0.367 e. The number of aryl methyl sites for hydroxylation is 1. The van der Waals surface area contributed by atoms with Crippen LogP contribution in [0.5, 0.6) is 0 Å². The molecule has 0 unspecified atom stereocenters. The van der Waals surface area contributed by atoms with Gasteiger partial charge in [-0.15, -0.1) is 0 Å². The number of nitrogens with one attached hydrogen (secondary N) is 1. The van der Waals surface area contributed by atoms with E-state index in [1.807, 2.05) is 16.8 Å². The number of nitrogens with two attached hydrogens (primary N) is 1. The third-order valence-electron chi connectivity index (χ3n) is 4.56. The minimum Gasteiger partial charge on any atom is -0.367 e. The molecular weight excluding hydrogens is 316 g/mol. The first-order chi connectivity index (χ1) is 11.7. The van der Waals surface area contributed by atoms with E-state index in [9.17, 15) is 0 Å². The van der Waals surface area contributed by atoms with Crippen molar-refractivity contribution >= 4 is 28.4 Å². The fraction of sp³-hybridized carbons (Fsp3) is 0.263. The normalized spacial score (nSPS) is 16.0. The molecule has 1 aliphatic heterocycles. The number of nitrogens with zero attached hydrogens (tertiary/aromatic N) is 2. The van der Waals surface area contributed by atoms with Crippen molar-refractivity contribution in [3.8, 4) is 0 Å². The molecule has 0 saturated carbocycles. The van der Waals surface area contributed by atoms with Gasteiger partial charge >= 0.3 is 0 Å². The number of aromatic amines is 1. The summed E-state index contributed by atoms with van der Waals surface area (Å²) in [6, 6.07) is 17.1. The molecule has 2 heterocycles. The Bertz CT molecular complexity index is 835. The van der Waals surface area contributed by atoms with E-state index < -0.39 is 0 Å². The lowest BCUT2D eigenvalue weighted by atomic mass is 10.2. The number of hydrogen-bond donors (Lipinski definition) is 2. The summed E-state index contributed by atoms with van der Waals surface area (Å²) in [6.45, 7) is 5.90. The van der Waals surface area contributed by atoms with E-state index in [0.717, 1.165) is 26.2 Å². The molecule has 4 nitrogen and oxygen atoms in total. The maximum Gasteiger partial charge on any atom is 0.0705 e. The van der Waals surface area contributed by atoms with E-state index in [1.54, 1.807) is 0 Å². The lowest BCUT2D eigenvalue weighted by Gasteiger charge is -2.33. The maximum absolute atomic E-state index is 5.90. The Morgan fingerprint density at radius 3 is 2.46 bits per heavy atom. The summed E-state index contributed by atoms with van der Waals surface area (Å²) >= 11 is 1.83. The quantitative estimate of drug-likeness (QED) is 0.716. The van der Waals surface area contributed by atoms with Gasteiger partial charge in [0.2, 0.25) is 0 Å². The minimum atomic E-state index is 0.904. The van der Waals surface area contributed by atoms with E-state index in [-0.39, 0.29) is 0 Å². The van der Waals surface area contributed by atoms with Crippen LogP contribution in [-0.4, -0.2) is 36.2 Å². The average Bonchev–Trinajstić information content (AvgIpc) is 2.92. The number of hydrazine groups is 1. The van der Waals surface area contributed by atoms with Gasteiger partial charge in [-0.3, -0.25) is 5.84 Å². The number of piperazine rings is 1. The second-order valence-electron chi connectivity index (χ2n) is 6.22. The lowest BCUT2D eigenvalue weighted by molar-refractivity contribution is 0.266. The molecule has 1 saturated heterocycles. The molecule has 5 heteroatoms. The van der Waals surface area contributed by atoms with Crippen LogP contribution < -0.4 is 10.7 Å². The molecule has 4 rings (SSSR count). The van der Waals surface area contributed by atoms with Gasteiger partial charge < -0.3 is 9.88 Å². The molecule has 0 atom stereocenters. The highest BCUT2D eigenvalue weighted by Crippen LogP contribution is 2.39. The van der Waals surface area contributed by atoms with Crippen LogP contribution in [0.1, 0.15) is 5.69 Å². The zero-order valence-corrected chi connectivity index (χ0v) is 14.6. The molecule has 3 N–H and O–H groups in total. The van der Waals surface area contributed by atoms with Crippen LogP contribution in [0.15, 0.2) is 58.3 Å². The Morgan fingerprint density at radius 1 is 0.958 bits per heavy atom. The predicted octanol–water partition coefficient (Wildman–Crippen LogP) is 3.62. The van der Waals surface area contributed by atoms with Crippen molar-refractivity contribution in [1.29, 1.82) is 0 Å². The standard InChI is InChI=1S/C19H22N4S/c1-14-19(24-15-6-3-2-4-7-15)16-8-5-9-17(18(16)21-14)22-10-12-23(20)13-11-22/h2-9,21H,10-13,20H2,1H3. The van der Waals surface area contributed by atoms with Crippen molar-refractivity contribution < 1.29 is 0 Å². The zero-order valence-electron chi connectivity index (χ0n) is 13.8. The first kappa shape index (κ1) is 15.6. The van der Waals surface area contributed by atoms with Gasteiger partial charge in [-0.1, -0.05) is 42.1 Å². The third kappa shape index (κ3) is 2.90. The van der Waals surface area contributed by atoms with Crippen LogP contribution in [0, 0.1) is 6.92 Å². The molecule has 2 aromatic carbocycles. The van der Waals surface area contributed by atoms with E-state index in [4.69, 9.17) is 5.84 Å². The minimum absolute atomic E-state index is 0.904. The van der Waals surface area contributed by atoms with E-state index in [1.165, 1.54) is 32.1 Å². The number of anilines is 1. The highest BCUT2D eigenvalue weighted by Gasteiger charge is 2.19. The fourth-order valence-electron chi connectivity index (χ4n) is 3.27. The molecule has 0 radical (unpaired) electrons. The van der Waals surface area contributed by atoms with E-state index in [0.29, 0.717) is 0 Å². The van der Waals surface area contributed by atoms with Crippen molar-refractivity contribution in [2.75, 3.05) is 31.1 Å². The molecule has 3 aromatic rings. The van der Waals surface area contributed by atoms with Gasteiger partial charge in [-0.2, -0.15) is 0 Å². The Balaban J connectivity index is 1.72. The number of benzene rings is 2. The number of para-hydroxylation sites is 1. The highest BCUT2D eigenvalue weighted by atomic mass is 32.2. The summed E-state index contributed by atoms with van der Waals surface area (Å²) in [5.41, 5.74) is 3.74. The first-order valence-corrected chi connectivity index (χ1v) is 9.13. The summed E-state index contributed by atoms with van der Waals surface area (Å²) in [6.07, 6.45) is 0. The van der Waals surface area contributed by atoms with Gasteiger partial charge in [0.05, 0.1) is 11.2 Å². The molecule has 1 aromatic heterocycles. The summed E-state index contributed by atoms with van der Waals surface area (Å²) < 4.78 is 0. The van der Waals surface area contributed by atoms with Crippen molar-refractivity contribution in [2.45, 2.75) is 16.7 Å². The molecular formula is C19H22N4S. The smallest absolute Gasteiger partial charge is 0.0705 e. The number of H-pyrrole nitrogens is 1. The van der Waals surface area contributed by atoms with Gasteiger partial charge in [0.25, 0.3) is 0 Å². The second kappa shape index (κ2) is 6.51. The molecule has 124 valence electrons. The lowest BCUT2D eigenvalue weighted by Crippen LogP contribution is -2.49.